The zero-order valence-electron chi connectivity index (χ0n) is 7.50. The fraction of sp³-hybridized carbons (Fsp3) is 0.300. The number of carbonyl (C=O) groups excluding carboxylic acids is 1. The fourth-order valence-corrected chi connectivity index (χ4v) is 1.83. The van der Waals surface area contributed by atoms with Crippen LogP contribution in [-0.4, -0.2) is 19.1 Å². The molecular formula is C10H10BrNO2. The lowest BCUT2D eigenvalue weighted by Crippen LogP contribution is -2.38. The molecule has 0 radical (unpaired) electrons. The lowest BCUT2D eigenvalue weighted by Gasteiger charge is -2.23. The molecule has 0 bridgehead atoms. The summed E-state index contributed by atoms with van der Waals surface area (Å²) in [4.78, 5) is 10.9. The van der Waals surface area contributed by atoms with Gasteiger partial charge in [-0.2, -0.15) is 0 Å². The summed E-state index contributed by atoms with van der Waals surface area (Å²) in [6, 6.07) is 7.92. The Balaban J connectivity index is 2.12. The summed E-state index contributed by atoms with van der Waals surface area (Å²) in [5, 5.41) is 2.77. The van der Waals surface area contributed by atoms with E-state index in [1.165, 1.54) is 0 Å². The molecule has 14 heavy (non-hydrogen) atoms. The van der Waals surface area contributed by atoms with Gasteiger partial charge in [0.15, 0.2) is 0 Å². The molecule has 0 aliphatic carbocycles. The molecule has 1 heterocycles. The minimum absolute atomic E-state index is 0.0230. The minimum Gasteiger partial charge on any atom is -0.362 e. The predicted octanol–water partition coefficient (Wildman–Crippen LogP) is 1.64. The third-order valence-electron chi connectivity index (χ3n) is 2.12. The molecule has 4 heteroatoms. The van der Waals surface area contributed by atoms with E-state index in [0.29, 0.717) is 6.54 Å². The Morgan fingerprint density at radius 2 is 2.36 bits per heavy atom. The average Bonchev–Trinajstić information content (AvgIpc) is 2.19. The maximum atomic E-state index is 10.9. The van der Waals surface area contributed by atoms with Crippen molar-refractivity contribution in [1.29, 1.82) is 0 Å². The van der Waals surface area contributed by atoms with Gasteiger partial charge in [-0.15, -0.1) is 0 Å². The van der Waals surface area contributed by atoms with Crippen molar-refractivity contribution >= 4 is 21.8 Å². The van der Waals surface area contributed by atoms with Gasteiger partial charge in [-0.3, -0.25) is 4.79 Å². The van der Waals surface area contributed by atoms with E-state index in [2.05, 4.69) is 21.2 Å². The van der Waals surface area contributed by atoms with Gasteiger partial charge < -0.3 is 10.1 Å². The summed E-state index contributed by atoms with van der Waals surface area (Å²) in [5.41, 5.74) is 1.08. The predicted molar refractivity (Wildman–Crippen MR) is 55.8 cm³/mol. The molecule has 1 saturated heterocycles. The van der Waals surface area contributed by atoms with E-state index in [4.69, 9.17) is 4.74 Å². The van der Waals surface area contributed by atoms with Gasteiger partial charge in [0.25, 0.3) is 0 Å². The van der Waals surface area contributed by atoms with Crippen LogP contribution in [0.2, 0.25) is 0 Å². The lowest BCUT2D eigenvalue weighted by molar-refractivity contribution is -0.133. The molecular weight excluding hydrogens is 246 g/mol. The standard InChI is InChI=1S/C10H10BrNO2/c11-8-3-1-2-7(4-8)9-5-12-10(13)6-14-9/h1-4,9H,5-6H2,(H,12,13)/t9-/m1/s1. The number of halogens is 1. The highest BCUT2D eigenvalue weighted by Gasteiger charge is 2.19. The Morgan fingerprint density at radius 3 is 3.00 bits per heavy atom. The number of nitrogens with one attached hydrogen (secondary N) is 1. The normalized spacial score (nSPS) is 21.8. The number of amides is 1. The van der Waals surface area contributed by atoms with Crippen molar-refractivity contribution in [2.24, 2.45) is 0 Å². The van der Waals surface area contributed by atoms with E-state index in [1.807, 2.05) is 24.3 Å². The third-order valence-corrected chi connectivity index (χ3v) is 2.61. The molecule has 0 spiro atoms. The van der Waals surface area contributed by atoms with Crippen LogP contribution < -0.4 is 5.32 Å². The monoisotopic (exact) mass is 255 g/mol. The van der Waals surface area contributed by atoms with Crippen LogP contribution in [0.4, 0.5) is 0 Å². The second-order valence-electron chi connectivity index (χ2n) is 3.16. The summed E-state index contributed by atoms with van der Waals surface area (Å²) in [6.07, 6.45) is -0.0230. The maximum Gasteiger partial charge on any atom is 0.246 e. The van der Waals surface area contributed by atoms with Gasteiger partial charge >= 0.3 is 0 Å². The van der Waals surface area contributed by atoms with Crippen molar-refractivity contribution in [1.82, 2.24) is 5.32 Å². The molecule has 1 N–H and O–H groups in total. The minimum atomic E-state index is -0.0451. The summed E-state index contributed by atoms with van der Waals surface area (Å²) in [6.45, 7) is 0.701. The van der Waals surface area contributed by atoms with E-state index >= 15 is 0 Å². The zero-order valence-corrected chi connectivity index (χ0v) is 9.08. The number of morpholine rings is 1. The largest absolute Gasteiger partial charge is 0.362 e. The Hall–Kier alpha value is -0.870. The topological polar surface area (TPSA) is 38.3 Å². The number of carbonyl (C=O) groups is 1. The molecule has 0 saturated carbocycles. The molecule has 1 amide bonds. The average molecular weight is 256 g/mol. The van der Waals surface area contributed by atoms with E-state index in [1.54, 1.807) is 0 Å². The van der Waals surface area contributed by atoms with E-state index in [0.717, 1.165) is 10.0 Å². The second kappa shape index (κ2) is 4.11. The first kappa shape index (κ1) is 9.68. The summed E-state index contributed by atoms with van der Waals surface area (Å²) in [7, 11) is 0. The van der Waals surface area contributed by atoms with Crippen LogP contribution >= 0.6 is 15.9 Å². The molecule has 1 aromatic carbocycles. The Morgan fingerprint density at radius 1 is 1.50 bits per heavy atom. The highest BCUT2D eigenvalue weighted by Crippen LogP contribution is 2.21. The van der Waals surface area contributed by atoms with Crippen LogP contribution in [0, 0.1) is 0 Å². The second-order valence-corrected chi connectivity index (χ2v) is 4.07. The van der Waals surface area contributed by atoms with Gasteiger partial charge in [0.05, 0.1) is 0 Å². The quantitative estimate of drug-likeness (QED) is 0.829. The first-order valence-corrected chi connectivity index (χ1v) is 5.19. The van der Waals surface area contributed by atoms with Crippen molar-refractivity contribution in [3.8, 4) is 0 Å². The number of hydrogen-bond acceptors (Lipinski definition) is 2. The van der Waals surface area contributed by atoms with Crippen molar-refractivity contribution in [3.63, 3.8) is 0 Å². The van der Waals surface area contributed by atoms with Crippen LogP contribution in [0.1, 0.15) is 11.7 Å². The maximum absolute atomic E-state index is 10.9. The van der Waals surface area contributed by atoms with Crippen molar-refractivity contribution in [2.45, 2.75) is 6.10 Å². The summed E-state index contributed by atoms with van der Waals surface area (Å²) < 4.78 is 6.42. The van der Waals surface area contributed by atoms with Crippen LogP contribution in [0.15, 0.2) is 28.7 Å². The molecule has 0 unspecified atom stereocenters. The van der Waals surface area contributed by atoms with Gasteiger partial charge in [-0.05, 0) is 17.7 Å². The van der Waals surface area contributed by atoms with E-state index in [9.17, 15) is 4.79 Å². The van der Waals surface area contributed by atoms with Crippen molar-refractivity contribution in [3.05, 3.63) is 34.3 Å². The summed E-state index contributed by atoms with van der Waals surface area (Å²) >= 11 is 3.40. The van der Waals surface area contributed by atoms with Crippen LogP contribution in [0.5, 0.6) is 0 Å². The van der Waals surface area contributed by atoms with E-state index in [-0.39, 0.29) is 18.6 Å². The molecule has 74 valence electrons. The van der Waals surface area contributed by atoms with Crippen LogP contribution in [0.25, 0.3) is 0 Å². The zero-order chi connectivity index (χ0) is 9.97. The Kier molecular flexibility index (Phi) is 2.84. The fourth-order valence-electron chi connectivity index (χ4n) is 1.41. The summed E-state index contributed by atoms with van der Waals surface area (Å²) in [5.74, 6) is -0.0451. The van der Waals surface area contributed by atoms with Crippen molar-refractivity contribution < 1.29 is 9.53 Å². The third kappa shape index (κ3) is 2.13. The highest BCUT2D eigenvalue weighted by atomic mass is 79.9. The molecule has 1 fully saturated rings. The number of ether oxygens (including phenoxy) is 1. The molecule has 3 nitrogen and oxygen atoms in total. The van der Waals surface area contributed by atoms with Crippen LogP contribution in [-0.2, 0) is 9.53 Å². The molecule has 1 aliphatic heterocycles. The number of rotatable bonds is 1. The number of benzene rings is 1. The smallest absolute Gasteiger partial charge is 0.246 e. The van der Waals surface area contributed by atoms with Crippen LogP contribution in [0.3, 0.4) is 0 Å². The lowest BCUT2D eigenvalue weighted by atomic mass is 10.1. The van der Waals surface area contributed by atoms with Gasteiger partial charge in [0.2, 0.25) is 5.91 Å². The SMILES string of the molecule is O=C1CO[C@@H](c2cccc(Br)c2)CN1. The molecule has 1 atom stereocenters. The molecule has 1 aliphatic rings. The Bertz CT molecular complexity index is 344. The van der Waals surface area contributed by atoms with E-state index < -0.39 is 0 Å². The molecule has 2 rings (SSSR count). The van der Waals surface area contributed by atoms with Gasteiger partial charge in [-0.25, -0.2) is 0 Å². The molecule has 0 aromatic heterocycles. The Labute approximate surface area is 90.6 Å². The van der Waals surface area contributed by atoms with Gasteiger partial charge in [0, 0.05) is 11.0 Å². The molecule has 1 aromatic rings. The first-order valence-electron chi connectivity index (χ1n) is 4.39. The number of hydrogen-bond donors (Lipinski definition) is 1. The highest BCUT2D eigenvalue weighted by molar-refractivity contribution is 9.10. The first-order chi connectivity index (χ1) is 6.75. The van der Waals surface area contributed by atoms with Gasteiger partial charge in [0.1, 0.15) is 12.7 Å². The van der Waals surface area contributed by atoms with Crippen molar-refractivity contribution in [2.75, 3.05) is 13.2 Å². The van der Waals surface area contributed by atoms with Gasteiger partial charge in [-0.1, -0.05) is 28.1 Å².